The van der Waals surface area contributed by atoms with Crippen LogP contribution in [0.4, 0.5) is 0 Å². The van der Waals surface area contributed by atoms with E-state index in [9.17, 15) is 4.79 Å². The van der Waals surface area contributed by atoms with Crippen molar-refractivity contribution in [1.29, 1.82) is 0 Å². The summed E-state index contributed by atoms with van der Waals surface area (Å²) in [6.45, 7) is 0.419. The highest BCUT2D eigenvalue weighted by atomic mass is 35.5. The number of rotatable bonds is 8. The van der Waals surface area contributed by atoms with Crippen LogP contribution in [0, 0.1) is 0 Å². The molecule has 4 rings (SSSR count). The Morgan fingerprint density at radius 1 is 1.09 bits per heavy atom. The fraction of sp³-hybridized carbons (Fsp3) is 0.125. The number of amides is 1. The van der Waals surface area contributed by atoms with Crippen LogP contribution in [0.3, 0.4) is 0 Å². The number of nitrogens with one attached hydrogen (secondary N) is 1. The fourth-order valence-electron chi connectivity index (χ4n) is 3.18. The number of aromatic nitrogens is 2. The highest BCUT2D eigenvalue weighted by molar-refractivity contribution is 6.42. The largest absolute Gasteiger partial charge is 0.493 e. The molecule has 0 unspecified atom stereocenters. The SMILES string of the molecule is COc1cc(C=NNC(=O)Cn2cnc3ccccc32)ccc1OCc1ccc(Cl)c(Cl)c1. The zero-order chi connectivity index (χ0) is 23.2. The molecule has 4 aromatic rings. The van der Waals surface area contributed by atoms with Crippen LogP contribution in [0.25, 0.3) is 11.0 Å². The maximum absolute atomic E-state index is 12.3. The lowest BCUT2D eigenvalue weighted by atomic mass is 10.2. The number of hydrogen-bond acceptors (Lipinski definition) is 5. The number of para-hydroxylation sites is 2. The Balaban J connectivity index is 1.35. The predicted octanol–water partition coefficient (Wildman–Crippen LogP) is 5.08. The summed E-state index contributed by atoms with van der Waals surface area (Å²) in [5.74, 6) is 0.843. The highest BCUT2D eigenvalue weighted by Crippen LogP contribution is 2.29. The van der Waals surface area contributed by atoms with E-state index in [0.29, 0.717) is 28.2 Å². The van der Waals surface area contributed by atoms with Gasteiger partial charge in [0.15, 0.2) is 11.5 Å². The molecule has 0 fully saturated rings. The van der Waals surface area contributed by atoms with Crippen molar-refractivity contribution < 1.29 is 14.3 Å². The van der Waals surface area contributed by atoms with Gasteiger partial charge in [-0.25, -0.2) is 10.4 Å². The smallest absolute Gasteiger partial charge is 0.260 e. The molecule has 1 N–H and O–H groups in total. The number of benzene rings is 3. The molecule has 1 heterocycles. The van der Waals surface area contributed by atoms with Gasteiger partial charge in [0.1, 0.15) is 13.2 Å². The molecule has 0 atom stereocenters. The maximum atomic E-state index is 12.3. The molecule has 0 bridgehead atoms. The number of methoxy groups -OCH3 is 1. The van der Waals surface area contributed by atoms with E-state index >= 15 is 0 Å². The van der Waals surface area contributed by atoms with E-state index in [1.165, 1.54) is 6.21 Å². The van der Waals surface area contributed by atoms with Crippen LogP contribution < -0.4 is 14.9 Å². The van der Waals surface area contributed by atoms with E-state index in [4.69, 9.17) is 32.7 Å². The van der Waals surface area contributed by atoms with Gasteiger partial charge in [-0.05, 0) is 53.6 Å². The summed E-state index contributed by atoms with van der Waals surface area (Å²) in [6, 6.07) is 18.3. The number of imidazole rings is 1. The standard InChI is InChI=1S/C24H20Cl2N4O3/c1-32-23-11-16(7-9-22(23)33-14-17-6-8-18(25)19(26)10-17)12-28-29-24(31)13-30-15-27-20-4-2-3-5-21(20)30/h2-12,15H,13-14H2,1H3,(H,29,31). The number of hydrazone groups is 1. The molecule has 0 radical (unpaired) electrons. The Hall–Kier alpha value is -3.55. The predicted molar refractivity (Wildman–Crippen MR) is 129 cm³/mol. The van der Waals surface area contributed by atoms with Gasteiger partial charge in [0.05, 0.1) is 40.7 Å². The molecule has 0 saturated heterocycles. The first-order valence-corrected chi connectivity index (χ1v) is 10.8. The Kier molecular flexibility index (Phi) is 7.12. The highest BCUT2D eigenvalue weighted by Gasteiger charge is 2.08. The van der Waals surface area contributed by atoms with Crippen LogP contribution in [0.2, 0.25) is 10.0 Å². The lowest BCUT2D eigenvalue weighted by Gasteiger charge is -2.11. The Morgan fingerprint density at radius 2 is 1.94 bits per heavy atom. The summed E-state index contributed by atoms with van der Waals surface area (Å²) < 4.78 is 13.0. The number of carbonyl (C=O) groups excluding carboxylic acids is 1. The summed E-state index contributed by atoms with van der Waals surface area (Å²) in [5.41, 5.74) is 5.87. The molecule has 33 heavy (non-hydrogen) atoms. The first-order chi connectivity index (χ1) is 16.0. The third-order valence-corrected chi connectivity index (χ3v) is 5.55. The first kappa shape index (κ1) is 22.6. The maximum Gasteiger partial charge on any atom is 0.260 e. The summed E-state index contributed by atoms with van der Waals surface area (Å²) >= 11 is 12.0. The molecule has 0 aliphatic rings. The van der Waals surface area contributed by atoms with Gasteiger partial charge in [-0.2, -0.15) is 5.10 Å². The van der Waals surface area contributed by atoms with Gasteiger partial charge in [-0.3, -0.25) is 4.79 Å². The van der Waals surface area contributed by atoms with Crippen molar-refractivity contribution in [2.24, 2.45) is 5.10 Å². The minimum absolute atomic E-state index is 0.114. The molecule has 0 aliphatic heterocycles. The number of carbonyl (C=O) groups is 1. The average Bonchev–Trinajstić information content (AvgIpc) is 3.23. The van der Waals surface area contributed by atoms with Crippen LogP contribution in [0.5, 0.6) is 11.5 Å². The number of nitrogens with zero attached hydrogens (tertiary/aromatic N) is 3. The molecule has 1 aromatic heterocycles. The second-order valence-electron chi connectivity index (χ2n) is 7.10. The lowest BCUT2D eigenvalue weighted by molar-refractivity contribution is -0.121. The van der Waals surface area contributed by atoms with Gasteiger partial charge in [0, 0.05) is 0 Å². The van der Waals surface area contributed by atoms with E-state index in [-0.39, 0.29) is 12.5 Å². The van der Waals surface area contributed by atoms with Crippen LogP contribution >= 0.6 is 23.2 Å². The van der Waals surface area contributed by atoms with Gasteiger partial charge in [0.25, 0.3) is 5.91 Å². The van der Waals surface area contributed by atoms with Crippen molar-refractivity contribution in [1.82, 2.24) is 15.0 Å². The molecule has 0 saturated carbocycles. The number of ether oxygens (including phenoxy) is 2. The lowest BCUT2D eigenvalue weighted by Crippen LogP contribution is -2.22. The Morgan fingerprint density at radius 3 is 2.76 bits per heavy atom. The molecule has 9 heteroatoms. The zero-order valence-corrected chi connectivity index (χ0v) is 19.2. The second kappa shape index (κ2) is 10.4. The van der Waals surface area contributed by atoms with Crippen molar-refractivity contribution >= 4 is 46.4 Å². The van der Waals surface area contributed by atoms with E-state index in [2.05, 4.69) is 15.5 Å². The molecule has 168 valence electrons. The van der Waals surface area contributed by atoms with E-state index < -0.39 is 0 Å². The summed E-state index contributed by atoms with van der Waals surface area (Å²) in [7, 11) is 1.56. The van der Waals surface area contributed by atoms with Crippen molar-refractivity contribution in [3.8, 4) is 11.5 Å². The molecule has 0 aliphatic carbocycles. The zero-order valence-electron chi connectivity index (χ0n) is 17.7. The van der Waals surface area contributed by atoms with Gasteiger partial charge in [-0.1, -0.05) is 41.4 Å². The third-order valence-electron chi connectivity index (χ3n) is 4.81. The van der Waals surface area contributed by atoms with Gasteiger partial charge >= 0.3 is 0 Å². The van der Waals surface area contributed by atoms with Crippen LogP contribution in [0.15, 0.2) is 72.1 Å². The summed E-state index contributed by atoms with van der Waals surface area (Å²) in [5, 5.41) is 5.00. The number of hydrogen-bond donors (Lipinski definition) is 1. The monoisotopic (exact) mass is 482 g/mol. The Labute approximate surface area is 200 Å². The minimum Gasteiger partial charge on any atom is -0.493 e. The van der Waals surface area contributed by atoms with Crippen molar-refractivity contribution in [2.75, 3.05) is 7.11 Å². The average molecular weight is 483 g/mol. The normalized spacial score (nSPS) is 11.1. The van der Waals surface area contributed by atoms with Crippen molar-refractivity contribution in [2.45, 2.75) is 13.2 Å². The van der Waals surface area contributed by atoms with E-state index in [0.717, 1.165) is 22.2 Å². The summed E-state index contributed by atoms with van der Waals surface area (Å²) in [6.07, 6.45) is 3.17. The molecular formula is C24H20Cl2N4O3. The molecule has 0 spiro atoms. The molecule has 1 amide bonds. The number of halogens is 2. The van der Waals surface area contributed by atoms with Crippen LogP contribution in [0.1, 0.15) is 11.1 Å². The van der Waals surface area contributed by atoms with Crippen LogP contribution in [-0.4, -0.2) is 28.8 Å². The second-order valence-corrected chi connectivity index (χ2v) is 7.92. The topological polar surface area (TPSA) is 77.7 Å². The van der Waals surface area contributed by atoms with Crippen molar-refractivity contribution in [3.63, 3.8) is 0 Å². The quantitative estimate of drug-likeness (QED) is 0.280. The van der Waals surface area contributed by atoms with E-state index in [1.807, 2.05) is 36.4 Å². The molecule has 7 nitrogen and oxygen atoms in total. The van der Waals surface area contributed by atoms with Gasteiger partial charge in [-0.15, -0.1) is 0 Å². The molecular weight excluding hydrogens is 463 g/mol. The van der Waals surface area contributed by atoms with Gasteiger partial charge in [0.2, 0.25) is 0 Å². The fourth-order valence-corrected chi connectivity index (χ4v) is 3.50. The minimum atomic E-state index is -0.261. The van der Waals surface area contributed by atoms with Crippen LogP contribution in [-0.2, 0) is 17.9 Å². The van der Waals surface area contributed by atoms with Gasteiger partial charge < -0.3 is 14.0 Å². The summed E-state index contributed by atoms with van der Waals surface area (Å²) in [4.78, 5) is 16.5. The van der Waals surface area contributed by atoms with E-state index in [1.54, 1.807) is 42.3 Å². The number of fused-ring (bicyclic) bond motifs is 1. The first-order valence-electron chi connectivity index (χ1n) is 10.00. The Bertz CT molecular complexity index is 1320. The third kappa shape index (κ3) is 5.63. The van der Waals surface area contributed by atoms with Crippen molar-refractivity contribution in [3.05, 3.63) is 88.2 Å². The molecule has 3 aromatic carbocycles.